The Bertz CT molecular complexity index is 1540. The number of pyridine rings is 1. The van der Waals surface area contributed by atoms with Gasteiger partial charge in [-0.3, -0.25) is 14.3 Å². The number of hydrogen-bond donors (Lipinski definition) is 0. The summed E-state index contributed by atoms with van der Waals surface area (Å²) >= 11 is 12.7. The molecule has 0 radical (unpaired) electrons. The molecule has 43 heavy (non-hydrogen) atoms. The number of ether oxygens (including phenoxy) is 2. The second-order valence-electron chi connectivity index (χ2n) is 9.51. The lowest BCUT2D eigenvalue weighted by atomic mass is 10.0. The van der Waals surface area contributed by atoms with Crippen molar-refractivity contribution in [3.8, 4) is 5.69 Å². The number of para-hydroxylation sites is 1. The van der Waals surface area contributed by atoms with E-state index in [-0.39, 0.29) is 45.8 Å². The van der Waals surface area contributed by atoms with Crippen molar-refractivity contribution in [1.29, 1.82) is 0 Å². The van der Waals surface area contributed by atoms with E-state index in [9.17, 15) is 18.8 Å². The molecule has 1 aliphatic heterocycles. The average Bonchev–Trinajstić information content (AvgIpc) is 2.96. The first-order valence-electron chi connectivity index (χ1n) is 13.6. The average molecular weight is 636 g/mol. The van der Waals surface area contributed by atoms with Crippen LogP contribution in [0.4, 0.5) is 8.78 Å². The van der Waals surface area contributed by atoms with E-state index in [0.717, 1.165) is 12.1 Å². The summed E-state index contributed by atoms with van der Waals surface area (Å²) in [7, 11) is 0. The van der Waals surface area contributed by atoms with Crippen LogP contribution in [0.25, 0.3) is 5.69 Å². The van der Waals surface area contributed by atoms with Crippen molar-refractivity contribution in [2.24, 2.45) is 5.16 Å². The number of likely N-dealkylation sites (tertiary alicyclic amines) is 1. The number of piperidine rings is 1. The highest BCUT2D eigenvalue weighted by Gasteiger charge is 2.38. The Morgan fingerprint density at radius 2 is 1.60 bits per heavy atom. The number of oxime groups is 1. The molecule has 0 amide bonds. The highest BCUT2D eigenvalue weighted by atomic mass is 35.5. The summed E-state index contributed by atoms with van der Waals surface area (Å²) in [4.78, 5) is 45.3. The molecule has 2 heterocycles. The SMILES string of the molecule is CCOC(=O)C(C(=O)OCC)N1CCC(O/N=C(\c2ccc(=O)n(-c3c(Cl)cccc3Cl)c2)c2ccc(F)cc2F)CC1. The Morgan fingerprint density at radius 3 is 2.19 bits per heavy atom. The Morgan fingerprint density at radius 1 is 0.977 bits per heavy atom. The molecular formula is C30H29Cl2F2N3O6. The van der Waals surface area contributed by atoms with Gasteiger partial charge in [0.15, 0.2) is 0 Å². The summed E-state index contributed by atoms with van der Waals surface area (Å²) in [5.74, 6) is -3.06. The van der Waals surface area contributed by atoms with Crippen LogP contribution in [-0.4, -0.2) is 65.6 Å². The molecule has 1 aromatic heterocycles. The second kappa shape index (κ2) is 14.6. The van der Waals surface area contributed by atoms with E-state index in [1.54, 1.807) is 36.9 Å². The topological polar surface area (TPSA) is 99.4 Å². The van der Waals surface area contributed by atoms with Crippen molar-refractivity contribution in [3.63, 3.8) is 0 Å². The molecule has 3 aromatic rings. The van der Waals surface area contributed by atoms with Gasteiger partial charge in [0.2, 0.25) is 6.04 Å². The quantitative estimate of drug-likeness (QED) is 0.131. The summed E-state index contributed by atoms with van der Waals surface area (Å²) in [5, 5.41) is 4.68. The smallest absolute Gasteiger partial charge is 0.335 e. The number of carbonyl (C=O) groups excluding carboxylic acids is 2. The minimum Gasteiger partial charge on any atom is -0.464 e. The van der Waals surface area contributed by atoms with Gasteiger partial charge in [0.05, 0.1) is 28.9 Å². The molecule has 2 aromatic carbocycles. The summed E-state index contributed by atoms with van der Waals surface area (Å²) in [6.45, 7) is 4.10. The molecular weight excluding hydrogens is 607 g/mol. The van der Waals surface area contributed by atoms with Crippen LogP contribution < -0.4 is 5.56 Å². The van der Waals surface area contributed by atoms with Crippen molar-refractivity contribution in [3.05, 3.63) is 97.9 Å². The molecule has 0 spiro atoms. The van der Waals surface area contributed by atoms with Crippen molar-refractivity contribution < 1.29 is 32.7 Å². The third-order valence-corrected chi connectivity index (χ3v) is 7.31. The largest absolute Gasteiger partial charge is 0.464 e. The van der Waals surface area contributed by atoms with Gasteiger partial charge in [-0.15, -0.1) is 0 Å². The Balaban J connectivity index is 1.63. The van der Waals surface area contributed by atoms with Gasteiger partial charge in [-0.05, 0) is 57.0 Å². The maximum atomic E-state index is 15.0. The van der Waals surface area contributed by atoms with Crippen LogP contribution >= 0.6 is 23.2 Å². The van der Waals surface area contributed by atoms with Gasteiger partial charge in [0.25, 0.3) is 5.56 Å². The maximum Gasteiger partial charge on any atom is 0.335 e. The number of hydrogen-bond acceptors (Lipinski definition) is 8. The van der Waals surface area contributed by atoms with E-state index in [0.29, 0.717) is 25.9 Å². The molecule has 0 bridgehead atoms. The maximum absolute atomic E-state index is 15.0. The number of rotatable bonds is 10. The fourth-order valence-corrected chi connectivity index (χ4v) is 5.24. The predicted molar refractivity (Wildman–Crippen MR) is 157 cm³/mol. The third kappa shape index (κ3) is 7.59. The highest BCUT2D eigenvalue weighted by Crippen LogP contribution is 2.28. The number of carbonyl (C=O) groups is 2. The van der Waals surface area contributed by atoms with E-state index in [2.05, 4.69) is 5.16 Å². The third-order valence-electron chi connectivity index (χ3n) is 6.70. The van der Waals surface area contributed by atoms with Crippen LogP contribution in [0.3, 0.4) is 0 Å². The molecule has 1 saturated heterocycles. The van der Waals surface area contributed by atoms with E-state index < -0.39 is 41.3 Å². The van der Waals surface area contributed by atoms with Gasteiger partial charge in [0.1, 0.15) is 23.5 Å². The fraction of sp³-hybridized carbons (Fsp3) is 0.333. The molecule has 9 nitrogen and oxygen atoms in total. The normalized spacial score (nSPS) is 14.5. The van der Waals surface area contributed by atoms with Crippen molar-refractivity contribution in [2.45, 2.75) is 38.8 Å². The molecule has 228 valence electrons. The first kappa shape index (κ1) is 32.1. The van der Waals surface area contributed by atoms with Crippen LogP contribution in [0.5, 0.6) is 0 Å². The molecule has 1 aliphatic rings. The van der Waals surface area contributed by atoms with Crippen LogP contribution in [0.1, 0.15) is 37.8 Å². The monoisotopic (exact) mass is 635 g/mol. The Kier molecular flexibility index (Phi) is 10.9. The minimum absolute atomic E-state index is 0.00669. The first-order chi connectivity index (χ1) is 20.6. The Labute approximate surface area is 256 Å². The van der Waals surface area contributed by atoms with Gasteiger partial charge in [-0.1, -0.05) is 34.4 Å². The summed E-state index contributed by atoms with van der Waals surface area (Å²) in [6, 6.07) is 9.26. The summed E-state index contributed by atoms with van der Waals surface area (Å²) < 4.78 is 40.2. The number of esters is 2. The lowest BCUT2D eigenvalue weighted by Gasteiger charge is -2.34. The summed E-state index contributed by atoms with van der Waals surface area (Å²) in [6.07, 6.45) is 1.66. The lowest BCUT2D eigenvalue weighted by molar-refractivity contribution is -0.165. The molecule has 4 rings (SSSR count). The zero-order valence-corrected chi connectivity index (χ0v) is 24.9. The minimum atomic E-state index is -1.20. The van der Waals surface area contributed by atoms with Gasteiger partial charge < -0.3 is 14.3 Å². The van der Waals surface area contributed by atoms with E-state index in [4.69, 9.17) is 37.5 Å². The van der Waals surface area contributed by atoms with E-state index in [1.807, 2.05) is 0 Å². The van der Waals surface area contributed by atoms with Crippen molar-refractivity contribution in [2.75, 3.05) is 26.3 Å². The number of nitrogens with zero attached hydrogens (tertiary/aromatic N) is 3. The first-order valence-corrected chi connectivity index (χ1v) is 14.3. The fourth-order valence-electron chi connectivity index (χ4n) is 4.66. The highest BCUT2D eigenvalue weighted by molar-refractivity contribution is 6.37. The Hall–Kier alpha value is -3.80. The number of halogens is 4. The predicted octanol–water partition coefficient (Wildman–Crippen LogP) is 5.15. The van der Waals surface area contributed by atoms with E-state index >= 15 is 4.39 Å². The van der Waals surface area contributed by atoms with Gasteiger partial charge in [-0.2, -0.15) is 0 Å². The molecule has 0 N–H and O–H groups in total. The van der Waals surface area contributed by atoms with E-state index in [1.165, 1.54) is 29.0 Å². The molecule has 0 unspecified atom stereocenters. The van der Waals surface area contributed by atoms with Crippen LogP contribution in [0.15, 0.2) is 64.7 Å². The lowest BCUT2D eigenvalue weighted by Crippen LogP contribution is -2.52. The number of aromatic nitrogens is 1. The molecule has 0 aliphatic carbocycles. The molecule has 0 atom stereocenters. The second-order valence-corrected chi connectivity index (χ2v) is 10.3. The van der Waals surface area contributed by atoms with Crippen LogP contribution in [-0.2, 0) is 23.9 Å². The molecule has 13 heteroatoms. The van der Waals surface area contributed by atoms with Gasteiger partial charge in [-0.25, -0.2) is 18.4 Å². The summed E-state index contributed by atoms with van der Waals surface area (Å²) in [5.41, 5.74) is -0.0404. The van der Waals surface area contributed by atoms with Gasteiger partial charge >= 0.3 is 11.9 Å². The van der Waals surface area contributed by atoms with Crippen LogP contribution in [0.2, 0.25) is 10.0 Å². The van der Waals surface area contributed by atoms with Gasteiger partial charge in [0, 0.05) is 42.5 Å². The van der Waals surface area contributed by atoms with Crippen LogP contribution in [0, 0.1) is 11.6 Å². The zero-order chi connectivity index (χ0) is 31.1. The zero-order valence-electron chi connectivity index (χ0n) is 23.4. The molecule has 1 fully saturated rings. The van der Waals surface area contributed by atoms with Crippen molar-refractivity contribution in [1.82, 2.24) is 9.47 Å². The number of benzene rings is 2. The standard InChI is InChI=1S/C30H29Cl2F2N3O6/c1-3-41-29(39)28(30(40)42-4-2)36-14-12-20(13-15-36)43-35-26(21-10-9-19(33)16-24(21)34)18-8-11-25(38)37(17-18)27-22(31)6-5-7-23(27)32/h5-11,16-17,20,28H,3-4,12-15H2,1-2H3/b35-26+. The molecule has 0 saturated carbocycles. The van der Waals surface area contributed by atoms with Crippen molar-refractivity contribution >= 4 is 40.9 Å².